The van der Waals surface area contributed by atoms with E-state index in [1.54, 1.807) is 61.8 Å². The number of ketones is 1. The number of carbonyl (C=O) groups excluding carboxylic acids is 2. The Kier molecular flexibility index (Phi) is 6.79. The molecule has 0 aliphatic carbocycles. The lowest BCUT2D eigenvalue weighted by molar-refractivity contribution is -0.120. The van der Waals surface area contributed by atoms with Crippen LogP contribution < -0.4 is 5.32 Å². The quantitative estimate of drug-likeness (QED) is 0.534. The van der Waals surface area contributed by atoms with E-state index in [4.69, 9.17) is 5.11 Å². The third kappa shape index (κ3) is 5.37. The lowest BCUT2D eigenvalue weighted by Gasteiger charge is -2.13. The molecule has 0 fully saturated rings. The monoisotopic (exact) mass is 352 g/mol. The number of carboxylic acids is 1. The van der Waals surface area contributed by atoms with Gasteiger partial charge in [-0.05, 0) is 54.3 Å². The number of hydrogen-bond donors (Lipinski definition) is 2. The number of carbonyl (C=O) groups is 3. The SMILES string of the molecule is CC(CCc1ccc(C(=O)O)cc1)C(=O)/C(=C/c1ccncc1)NC=O. The van der Waals surface area contributed by atoms with Gasteiger partial charge in [-0.3, -0.25) is 14.6 Å². The molecular formula is C20H20N2O4. The number of pyridine rings is 1. The highest BCUT2D eigenvalue weighted by Crippen LogP contribution is 2.16. The van der Waals surface area contributed by atoms with E-state index in [0.717, 1.165) is 11.1 Å². The van der Waals surface area contributed by atoms with Crippen LogP contribution in [-0.4, -0.2) is 28.3 Å². The molecule has 1 heterocycles. The Morgan fingerprint density at radius 1 is 1.15 bits per heavy atom. The van der Waals surface area contributed by atoms with E-state index in [-0.39, 0.29) is 23.0 Å². The van der Waals surface area contributed by atoms with Crippen molar-refractivity contribution in [1.82, 2.24) is 10.3 Å². The zero-order chi connectivity index (χ0) is 18.9. The van der Waals surface area contributed by atoms with Gasteiger partial charge in [-0.25, -0.2) is 4.79 Å². The van der Waals surface area contributed by atoms with Crippen molar-refractivity contribution < 1.29 is 19.5 Å². The number of aromatic carboxylic acids is 1. The molecule has 2 aromatic rings. The molecule has 2 N–H and O–H groups in total. The number of hydrogen-bond acceptors (Lipinski definition) is 4. The second-order valence-corrected chi connectivity index (χ2v) is 5.91. The molecular weight excluding hydrogens is 332 g/mol. The molecule has 2 rings (SSSR count). The largest absolute Gasteiger partial charge is 0.478 e. The summed E-state index contributed by atoms with van der Waals surface area (Å²) in [4.78, 5) is 38.2. The van der Waals surface area contributed by atoms with Crippen LogP contribution in [0, 0.1) is 5.92 Å². The van der Waals surface area contributed by atoms with Gasteiger partial charge in [-0.15, -0.1) is 0 Å². The molecule has 0 saturated carbocycles. The Labute approximate surface area is 151 Å². The fourth-order valence-electron chi connectivity index (χ4n) is 2.47. The van der Waals surface area contributed by atoms with Crippen molar-refractivity contribution in [2.75, 3.05) is 0 Å². The summed E-state index contributed by atoms with van der Waals surface area (Å²) in [6.07, 6.45) is 6.55. The smallest absolute Gasteiger partial charge is 0.335 e. The number of nitrogens with one attached hydrogen (secondary N) is 1. The molecule has 0 saturated heterocycles. The van der Waals surface area contributed by atoms with Gasteiger partial charge in [0, 0.05) is 18.3 Å². The fraction of sp³-hybridized carbons (Fsp3) is 0.200. The van der Waals surface area contributed by atoms with Gasteiger partial charge in [0.15, 0.2) is 5.78 Å². The van der Waals surface area contributed by atoms with Crippen LogP contribution in [0.5, 0.6) is 0 Å². The molecule has 0 aliphatic rings. The maximum atomic E-state index is 12.6. The number of nitrogens with zero attached hydrogens (tertiary/aromatic N) is 1. The van der Waals surface area contributed by atoms with E-state index in [1.807, 2.05) is 0 Å². The van der Waals surface area contributed by atoms with E-state index in [0.29, 0.717) is 19.3 Å². The van der Waals surface area contributed by atoms with Gasteiger partial charge >= 0.3 is 5.97 Å². The average Bonchev–Trinajstić information content (AvgIpc) is 2.66. The minimum absolute atomic E-state index is 0.156. The molecule has 0 spiro atoms. The fourth-order valence-corrected chi connectivity index (χ4v) is 2.47. The molecule has 1 aromatic heterocycles. The summed E-state index contributed by atoms with van der Waals surface area (Å²) in [5.74, 6) is -1.42. The Balaban J connectivity index is 2.03. The molecule has 6 nitrogen and oxygen atoms in total. The van der Waals surface area contributed by atoms with Crippen LogP contribution in [0.15, 0.2) is 54.5 Å². The second-order valence-electron chi connectivity index (χ2n) is 5.91. The number of aromatic nitrogens is 1. The van der Waals surface area contributed by atoms with Crippen LogP contribution in [-0.2, 0) is 16.0 Å². The van der Waals surface area contributed by atoms with Crippen molar-refractivity contribution in [3.63, 3.8) is 0 Å². The Morgan fingerprint density at radius 2 is 1.81 bits per heavy atom. The maximum absolute atomic E-state index is 12.6. The molecule has 1 amide bonds. The Bertz CT molecular complexity index is 798. The predicted octanol–water partition coefficient (Wildman–Crippen LogP) is 2.70. The van der Waals surface area contributed by atoms with Crippen LogP contribution >= 0.6 is 0 Å². The first-order chi connectivity index (χ1) is 12.5. The highest BCUT2D eigenvalue weighted by molar-refractivity contribution is 6.01. The van der Waals surface area contributed by atoms with Gasteiger partial charge in [-0.1, -0.05) is 19.1 Å². The van der Waals surface area contributed by atoms with Crippen molar-refractivity contribution in [2.45, 2.75) is 19.8 Å². The van der Waals surface area contributed by atoms with E-state index >= 15 is 0 Å². The summed E-state index contributed by atoms with van der Waals surface area (Å²) in [5, 5.41) is 11.4. The minimum atomic E-state index is -0.967. The van der Waals surface area contributed by atoms with E-state index < -0.39 is 5.97 Å². The highest BCUT2D eigenvalue weighted by Gasteiger charge is 2.18. The molecule has 0 bridgehead atoms. The van der Waals surface area contributed by atoms with Crippen molar-refractivity contribution >= 4 is 24.2 Å². The van der Waals surface area contributed by atoms with E-state index in [2.05, 4.69) is 10.3 Å². The first-order valence-electron chi connectivity index (χ1n) is 8.19. The molecule has 0 aliphatic heterocycles. The highest BCUT2D eigenvalue weighted by atomic mass is 16.4. The third-order valence-electron chi connectivity index (χ3n) is 4.01. The van der Waals surface area contributed by atoms with Crippen LogP contribution in [0.4, 0.5) is 0 Å². The zero-order valence-corrected chi connectivity index (χ0v) is 14.4. The molecule has 1 atom stereocenters. The van der Waals surface area contributed by atoms with Gasteiger partial charge in [0.05, 0.1) is 11.3 Å². The van der Waals surface area contributed by atoms with Crippen molar-refractivity contribution in [3.05, 3.63) is 71.2 Å². The van der Waals surface area contributed by atoms with Crippen molar-refractivity contribution in [3.8, 4) is 0 Å². The summed E-state index contributed by atoms with van der Waals surface area (Å²) in [5.41, 5.74) is 2.20. The van der Waals surface area contributed by atoms with Gasteiger partial charge in [-0.2, -0.15) is 0 Å². The molecule has 1 aromatic carbocycles. The number of allylic oxidation sites excluding steroid dienone is 1. The van der Waals surface area contributed by atoms with Crippen LogP contribution in [0.2, 0.25) is 0 Å². The van der Waals surface area contributed by atoms with Gasteiger partial charge in [0.1, 0.15) is 0 Å². The average molecular weight is 352 g/mol. The number of Topliss-reactive ketones (excluding diaryl/α,β-unsaturated/α-hetero) is 1. The zero-order valence-electron chi connectivity index (χ0n) is 14.4. The third-order valence-corrected chi connectivity index (χ3v) is 4.01. The predicted molar refractivity (Wildman–Crippen MR) is 97.3 cm³/mol. The van der Waals surface area contributed by atoms with Crippen molar-refractivity contribution in [2.24, 2.45) is 5.92 Å². The number of aryl methyl sites for hydroxylation is 1. The number of amides is 1. The summed E-state index contributed by atoms with van der Waals surface area (Å²) in [6.45, 7) is 1.81. The standard InChI is InChI=1S/C20H20N2O4/c1-14(2-3-15-4-6-17(7-5-15)20(25)26)19(24)18(22-13-23)12-16-8-10-21-11-9-16/h4-14H,2-3H2,1H3,(H,22,23)(H,25,26)/b18-12-. The molecule has 1 unspecified atom stereocenters. The van der Waals surface area contributed by atoms with Crippen LogP contribution in [0.25, 0.3) is 6.08 Å². The second kappa shape index (κ2) is 9.27. The molecule has 134 valence electrons. The van der Waals surface area contributed by atoms with Crippen LogP contribution in [0.1, 0.15) is 34.8 Å². The lowest BCUT2D eigenvalue weighted by Crippen LogP contribution is -2.24. The molecule has 26 heavy (non-hydrogen) atoms. The first-order valence-corrected chi connectivity index (χ1v) is 8.19. The maximum Gasteiger partial charge on any atom is 0.335 e. The first kappa shape index (κ1) is 19.1. The van der Waals surface area contributed by atoms with E-state index in [1.165, 1.54) is 0 Å². The number of carboxylic acid groups (broad SMARTS) is 1. The van der Waals surface area contributed by atoms with Crippen LogP contribution in [0.3, 0.4) is 0 Å². The normalized spacial score (nSPS) is 12.3. The molecule has 0 radical (unpaired) electrons. The van der Waals surface area contributed by atoms with Gasteiger partial charge in [0.2, 0.25) is 6.41 Å². The summed E-state index contributed by atoms with van der Waals surface area (Å²) in [6, 6.07) is 10.1. The topological polar surface area (TPSA) is 96.4 Å². The van der Waals surface area contributed by atoms with Crippen molar-refractivity contribution in [1.29, 1.82) is 0 Å². The number of rotatable bonds is 9. The Hall–Kier alpha value is -3.28. The Morgan fingerprint density at radius 3 is 2.38 bits per heavy atom. The van der Waals surface area contributed by atoms with Gasteiger partial charge in [0.25, 0.3) is 0 Å². The van der Waals surface area contributed by atoms with E-state index in [9.17, 15) is 14.4 Å². The number of benzene rings is 1. The minimum Gasteiger partial charge on any atom is -0.478 e. The van der Waals surface area contributed by atoms with Gasteiger partial charge < -0.3 is 10.4 Å². The molecule has 6 heteroatoms. The summed E-state index contributed by atoms with van der Waals surface area (Å²) >= 11 is 0. The summed E-state index contributed by atoms with van der Waals surface area (Å²) < 4.78 is 0. The lowest BCUT2D eigenvalue weighted by atomic mass is 9.94. The summed E-state index contributed by atoms with van der Waals surface area (Å²) in [7, 11) is 0.